The number of rotatable bonds is 4. The van der Waals surface area contributed by atoms with Crippen molar-refractivity contribution in [2.75, 3.05) is 26.1 Å². The zero-order valence-corrected chi connectivity index (χ0v) is 16.0. The average Bonchev–Trinajstić information content (AvgIpc) is 3.53. The van der Waals surface area contributed by atoms with Crippen molar-refractivity contribution in [2.45, 2.75) is 44.6 Å². The van der Waals surface area contributed by atoms with Gasteiger partial charge >= 0.3 is 5.97 Å². The second-order valence-electron chi connectivity index (χ2n) is 7.68. The molecule has 0 bridgehead atoms. The van der Waals surface area contributed by atoms with Gasteiger partial charge in [0, 0.05) is 13.2 Å². The standard InChI is InChI=1S/C21H27N3O3/c1-13-5-8-24(20(23-13)15-6-9-27-10-7-15)19-12-16(14-3-4-14)17(11-18(19)22)21(25)26-2/h5,8,11-15H,3-4,6-7,9-10,22H2,1-2H3/p+1. The van der Waals surface area contributed by atoms with Gasteiger partial charge in [0.2, 0.25) is 0 Å². The Morgan fingerprint density at radius 2 is 1.96 bits per heavy atom. The van der Waals surface area contributed by atoms with Gasteiger partial charge in [0.15, 0.2) is 5.69 Å². The van der Waals surface area contributed by atoms with Crippen LogP contribution in [0.1, 0.15) is 54.4 Å². The number of nitrogens with one attached hydrogen (secondary N) is 1. The molecule has 6 nitrogen and oxygen atoms in total. The Morgan fingerprint density at radius 3 is 2.63 bits per heavy atom. The van der Waals surface area contributed by atoms with E-state index in [1.165, 1.54) is 12.9 Å². The van der Waals surface area contributed by atoms with Gasteiger partial charge in [0.1, 0.15) is 6.04 Å². The second kappa shape index (κ2) is 7.35. The van der Waals surface area contributed by atoms with Crippen LogP contribution in [0.4, 0.5) is 11.4 Å². The van der Waals surface area contributed by atoms with E-state index >= 15 is 0 Å². The van der Waals surface area contributed by atoms with E-state index in [0.29, 0.717) is 23.1 Å². The van der Waals surface area contributed by atoms with E-state index in [0.717, 1.165) is 50.1 Å². The number of hydrogen-bond acceptors (Lipinski definition) is 5. The van der Waals surface area contributed by atoms with Crippen molar-refractivity contribution in [3.63, 3.8) is 0 Å². The summed E-state index contributed by atoms with van der Waals surface area (Å²) in [7, 11) is 1.42. The number of anilines is 1. The number of carbonyl (C=O) groups excluding carboxylic acids is 1. The second-order valence-corrected chi connectivity index (χ2v) is 7.68. The van der Waals surface area contributed by atoms with Crippen molar-refractivity contribution in [1.29, 1.82) is 0 Å². The monoisotopic (exact) mass is 370 g/mol. The molecule has 4 rings (SSSR count). The number of nitrogens with zero attached hydrogens (tertiary/aromatic N) is 1. The third kappa shape index (κ3) is 3.58. The molecule has 0 radical (unpaired) electrons. The molecule has 0 aromatic heterocycles. The molecule has 0 amide bonds. The molecule has 1 aromatic carbocycles. The minimum atomic E-state index is -0.315. The van der Waals surface area contributed by atoms with E-state index in [2.05, 4.69) is 35.2 Å². The number of amidine groups is 1. The molecular formula is C21H28N3O3+. The number of hydrogen-bond donors (Lipinski definition) is 2. The fraction of sp³-hybridized carbons (Fsp3) is 0.524. The summed E-state index contributed by atoms with van der Waals surface area (Å²) in [5, 5.41) is 3.63. The first-order valence-electron chi connectivity index (χ1n) is 9.79. The van der Waals surface area contributed by atoms with Gasteiger partial charge in [-0.2, -0.15) is 0 Å². The Bertz CT molecular complexity index is 805. The van der Waals surface area contributed by atoms with Gasteiger partial charge in [-0.1, -0.05) is 0 Å². The molecule has 1 aromatic rings. The summed E-state index contributed by atoms with van der Waals surface area (Å²) in [6.07, 6.45) is 8.44. The number of nitrogens with two attached hydrogens (primary N) is 1. The number of carbonyl (C=O) groups is 1. The van der Waals surface area contributed by atoms with Gasteiger partial charge in [-0.05, 0) is 62.3 Å². The van der Waals surface area contributed by atoms with E-state index in [9.17, 15) is 4.79 Å². The van der Waals surface area contributed by atoms with E-state index < -0.39 is 0 Å². The van der Waals surface area contributed by atoms with Crippen molar-refractivity contribution in [2.24, 2.45) is 5.92 Å². The lowest BCUT2D eigenvalue weighted by molar-refractivity contribution is -0.369. The topological polar surface area (TPSA) is 76.6 Å². The van der Waals surface area contributed by atoms with E-state index in [-0.39, 0.29) is 12.0 Å². The molecule has 1 atom stereocenters. The Labute approximate surface area is 160 Å². The Balaban J connectivity index is 1.81. The molecule has 3 N–H and O–H groups in total. The summed E-state index contributed by atoms with van der Waals surface area (Å²) in [5.41, 5.74) is 9.57. The maximum atomic E-state index is 12.2. The average molecular weight is 370 g/mol. The van der Waals surface area contributed by atoms with Crippen molar-refractivity contribution in [1.82, 2.24) is 5.32 Å². The number of nitrogen functional groups attached to an aromatic ring is 1. The summed E-state index contributed by atoms with van der Waals surface area (Å²) in [6, 6.07) is 4.14. The normalized spacial score (nSPS) is 23.3. The highest BCUT2D eigenvalue weighted by Gasteiger charge is 2.34. The fourth-order valence-corrected chi connectivity index (χ4v) is 3.99. The smallest absolute Gasteiger partial charge is 0.338 e. The zero-order chi connectivity index (χ0) is 19.0. The molecule has 1 saturated heterocycles. The largest absolute Gasteiger partial charge is 0.465 e. The van der Waals surface area contributed by atoms with Crippen LogP contribution in [0.5, 0.6) is 0 Å². The molecule has 1 aliphatic carbocycles. The Morgan fingerprint density at radius 1 is 1.22 bits per heavy atom. The lowest BCUT2D eigenvalue weighted by Crippen LogP contribution is -2.45. The third-order valence-electron chi connectivity index (χ3n) is 5.65. The van der Waals surface area contributed by atoms with Crippen LogP contribution in [0.25, 0.3) is 0 Å². The molecule has 6 heteroatoms. The fourth-order valence-electron chi connectivity index (χ4n) is 3.99. The summed E-state index contributed by atoms with van der Waals surface area (Å²) < 4.78 is 12.7. The van der Waals surface area contributed by atoms with Gasteiger partial charge in [-0.15, -0.1) is 0 Å². The highest BCUT2D eigenvalue weighted by Crippen LogP contribution is 2.44. The zero-order valence-electron chi connectivity index (χ0n) is 16.0. The lowest BCUT2D eigenvalue weighted by Gasteiger charge is -2.26. The molecule has 2 fully saturated rings. The van der Waals surface area contributed by atoms with Crippen LogP contribution in [0.15, 0.2) is 24.4 Å². The predicted molar refractivity (Wildman–Crippen MR) is 104 cm³/mol. The molecule has 2 aliphatic heterocycles. The molecule has 1 unspecified atom stereocenters. The van der Waals surface area contributed by atoms with Crippen molar-refractivity contribution < 1.29 is 18.8 Å². The Hall–Kier alpha value is -2.34. The number of ether oxygens (including phenoxy) is 2. The van der Waals surface area contributed by atoms with Crippen LogP contribution >= 0.6 is 0 Å². The minimum Gasteiger partial charge on any atom is -0.465 e. The van der Waals surface area contributed by atoms with Gasteiger partial charge in [0.25, 0.3) is 5.84 Å². The summed E-state index contributed by atoms with van der Waals surface area (Å²) in [4.78, 5) is 12.2. The van der Waals surface area contributed by atoms with Crippen LogP contribution in [-0.4, -0.2) is 42.7 Å². The highest BCUT2D eigenvalue weighted by molar-refractivity contribution is 5.94. The van der Waals surface area contributed by atoms with Crippen LogP contribution in [0.2, 0.25) is 0 Å². The van der Waals surface area contributed by atoms with Crippen molar-refractivity contribution in [3.8, 4) is 0 Å². The van der Waals surface area contributed by atoms with E-state index in [4.69, 9.17) is 15.2 Å². The van der Waals surface area contributed by atoms with Gasteiger partial charge < -0.3 is 15.2 Å². The quantitative estimate of drug-likeness (QED) is 0.484. The SMILES string of the molecule is COC(=O)c1cc(N)c([N+]2=C(C3CCOCC3)NC(C)C=C2)cc1C1CC1. The van der Waals surface area contributed by atoms with Gasteiger partial charge in [-0.25, -0.2) is 9.37 Å². The molecule has 1 saturated carbocycles. The summed E-state index contributed by atoms with van der Waals surface area (Å²) in [6.45, 7) is 3.71. The van der Waals surface area contributed by atoms with E-state index in [1.54, 1.807) is 6.07 Å². The van der Waals surface area contributed by atoms with Crippen LogP contribution in [0, 0.1) is 5.92 Å². The van der Waals surface area contributed by atoms with Crippen LogP contribution < -0.4 is 11.1 Å². The summed E-state index contributed by atoms with van der Waals surface area (Å²) >= 11 is 0. The molecule has 27 heavy (non-hydrogen) atoms. The number of methoxy groups -OCH3 is 1. The maximum absolute atomic E-state index is 12.2. The van der Waals surface area contributed by atoms with Crippen molar-refractivity contribution >= 4 is 23.2 Å². The number of benzene rings is 1. The van der Waals surface area contributed by atoms with Crippen LogP contribution in [-0.2, 0) is 9.47 Å². The Kier molecular flexibility index (Phi) is 4.91. The molecular weight excluding hydrogens is 342 g/mol. The first-order valence-corrected chi connectivity index (χ1v) is 9.79. The van der Waals surface area contributed by atoms with Crippen LogP contribution in [0.3, 0.4) is 0 Å². The van der Waals surface area contributed by atoms with Gasteiger partial charge in [-0.3, -0.25) is 5.32 Å². The van der Waals surface area contributed by atoms with E-state index in [1.807, 2.05) is 0 Å². The number of esters is 1. The third-order valence-corrected chi connectivity index (χ3v) is 5.65. The maximum Gasteiger partial charge on any atom is 0.338 e. The van der Waals surface area contributed by atoms with Gasteiger partial charge in [0.05, 0.1) is 30.5 Å². The molecule has 3 aliphatic rings. The minimum absolute atomic E-state index is 0.276. The highest BCUT2D eigenvalue weighted by atomic mass is 16.5. The predicted octanol–water partition coefficient (Wildman–Crippen LogP) is 2.91. The van der Waals surface area contributed by atoms with Crippen molar-refractivity contribution in [3.05, 3.63) is 35.5 Å². The summed E-state index contributed by atoms with van der Waals surface area (Å²) in [5.74, 6) is 1.69. The molecule has 0 spiro atoms. The molecule has 2 heterocycles. The first-order chi connectivity index (χ1) is 13.1. The first kappa shape index (κ1) is 18.0. The lowest BCUT2D eigenvalue weighted by atomic mass is 9.96. The molecule has 144 valence electrons.